The highest BCUT2D eigenvalue weighted by Crippen LogP contribution is 2.36. The molecule has 1 fully saturated rings. The first kappa shape index (κ1) is 24.4. The van der Waals surface area contributed by atoms with Crippen molar-refractivity contribution in [1.29, 1.82) is 0 Å². The highest BCUT2D eigenvalue weighted by atomic mass is 16.1. The van der Waals surface area contributed by atoms with Gasteiger partial charge in [-0.05, 0) is 71.2 Å². The predicted octanol–water partition coefficient (Wildman–Crippen LogP) is 5.21. The van der Waals surface area contributed by atoms with E-state index in [0.717, 1.165) is 53.7 Å². The minimum absolute atomic E-state index is 0.0118. The van der Waals surface area contributed by atoms with E-state index in [0.29, 0.717) is 12.6 Å². The number of pyridine rings is 1. The van der Waals surface area contributed by atoms with Crippen LogP contribution in [0.3, 0.4) is 0 Å². The van der Waals surface area contributed by atoms with Crippen molar-refractivity contribution in [3.8, 4) is 0 Å². The largest absolute Gasteiger partial charge is 0.322 e. The Kier molecular flexibility index (Phi) is 7.28. The Morgan fingerprint density at radius 3 is 2.61 bits per heavy atom. The Morgan fingerprint density at radius 2 is 1.86 bits per heavy atom. The van der Waals surface area contributed by atoms with Crippen molar-refractivity contribution in [3.63, 3.8) is 0 Å². The Balaban J connectivity index is 1.48. The lowest BCUT2D eigenvalue weighted by atomic mass is 9.97. The Labute approximate surface area is 212 Å². The predicted molar refractivity (Wildman–Crippen MR) is 143 cm³/mol. The topological polar surface area (TPSA) is 79.7 Å². The molecule has 2 heterocycles. The molecule has 0 unspecified atom stereocenters. The van der Waals surface area contributed by atoms with Crippen molar-refractivity contribution in [2.45, 2.75) is 78.0 Å². The Bertz CT molecular complexity index is 1350. The van der Waals surface area contributed by atoms with E-state index in [1.165, 1.54) is 18.4 Å². The van der Waals surface area contributed by atoms with Gasteiger partial charge < -0.3 is 4.98 Å². The van der Waals surface area contributed by atoms with E-state index in [9.17, 15) is 4.79 Å². The lowest BCUT2D eigenvalue weighted by Gasteiger charge is -2.38. The Hall–Kier alpha value is -3.32. The molecule has 2 aromatic carbocycles. The summed E-state index contributed by atoms with van der Waals surface area (Å²) < 4.78 is 1.97. The van der Waals surface area contributed by atoms with Crippen LogP contribution in [0.25, 0.3) is 10.9 Å². The second-order valence-corrected chi connectivity index (χ2v) is 10.5. The van der Waals surface area contributed by atoms with Crippen LogP contribution in [0.1, 0.15) is 68.1 Å². The summed E-state index contributed by atoms with van der Waals surface area (Å²) in [6, 6.07) is 19.2. The van der Waals surface area contributed by atoms with Crippen molar-refractivity contribution in [2.24, 2.45) is 5.92 Å². The lowest BCUT2D eigenvalue weighted by Crippen LogP contribution is -2.41. The number of aryl methyl sites for hydroxylation is 3. The number of tetrazole rings is 1. The first-order valence-electron chi connectivity index (χ1n) is 13.2. The van der Waals surface area contributed by atoms with Gasteiger partial charge in [0.15, 0.2) is 5.82 Å². The molecule has 0 saturated heterocycles. The zero-order chi connectivity index (χ0) is 25.1. The molecular weight excluding hydrogens is 448 g/mol. The normalized spacial score (nSPS) is 15.4. The molecule has 0 amide bonds. The molecule has 7 nitrogen and oxygen atoms in total. The monoisotopic (exact) mass is 484 g/mol. The molecule has 5 rings (SSSR count). The molecule has 0 spiro atoms. The summed E-state index contributed by atoms with van der Waals surface area (Å²) >= 11 is 0. The van der Waals surface area contributed by atoms with E-state index in [1.807, 2.05) is 23.7 Å². The summed E-state index contributed by atoms with van der Waals surface area (Å²) in [4.78, 5) is 18.8. The first-order chi connectivity index (χ1) is 17.5. The van der Waals surface area contributed by atoms with Crippen LogP contribution in [0.15, 0.2) is 59.4 Å². The summed E-state index contributed by atoms with van der Waals surface area (Å²) in [7, 11) is 0. The van der Waals surface area contributed by atoms with E-state index in [-0.39, 0.29) is 17.5 Å². The van der Waals surface area contributed by atoms with Gasteiger partial charge in [-0.3, -0.25) is 9.69 Å². The molecule has 1 N–H and O–H groups in total. The standard InChI is InChI=1S/C29H36N6O/c1-20(2)27(28-31-32-33-35(28)16-15-22-9-5-4-6-10-22)34(25-11-7-8-12-25)19-24-18-23-14-13-21(3)17-26(23)30-29(24)36/h4-6,9-10,13-14,17-18,20,25,27H,7-8,11-12,15-16,19H2,1-3H3,(H,30,36)/t27-/m1/s1. The number of H-pyrrole nitrogens is 1. The second-order valence-electron chi connectivity index (χ2n) is 10.5. The molecule has 4 aromatic rings. The van der Waals surface area contributed by atoms with Crippen molar-refractivity contribution in [2.75, 3.05) is 0 Å². The number of fused-ring (bicyclic) bond motifs is 1. The zero-order valence-corrected chi connectivity index (χ0v) is 21.5. The number of nitrogens with zero attached hydrogens (tertiary/aromatic N) is 5. The van der Waals surface area contributed by atoms with Crippen molar-refractivity contribution in [1.82, 2.24) is 30.1 Å². The molecule has 36 heavy (non-hydrogen) atoms. The van der Waals surface area contributed by atoms with Gasteiger partial charge in [-0.15, -0.1) is 5.10 Å². The summed E-state index contributed by atoms with van der Waals surface area (Å²) in [5, 5.41) is 14.1. The molecular formula is C29H36N6O. The zero-order valence-electron chi connectivity index (χ0n) is 21.5. The van der Waals surface area contributed by atoms with Crippen molar-refractivity contribution in [3.05, 3.63) is 87.5 Å². The van der Waals surface area contributed by atoms with Gasteiger partial charge in [0.05, 0.1) is 6.04 Å². The highest BCUT2D eigenvalue weighted by Gasteiger charge is 2.35. The summed E-state index contributed by atoms with van der Waals surface area (Å²) in [6.07, 6.45) is 5.59. The molecule has 1 saturated carbocycles. The van der Waals surface area contributed by atoms with Gasteiger partial charge in [-0.2, -0.15) is 0 Å². The minimum atomic E-state index is -0.0118. The number of benzene rings is 2. The smallest absolute Gasteiger partial charge is 0.252 e. The number of aromatic amines is 1. The highest BCUT2D eigenvalue weighted by molar-refractivity contribution is 5.79. The number of aromatic nitrogens is 5. The van der Waals surface area contributed by atoms with Gasteiger partial charge in [0, 0.05) is 30.2 Å². The number of rotatable bonds is 9. The first-order valence-corrected chi connectivity index (χ1v) is 13.2. The van der Waals surface area contributed by atoms with Crippen molar-refractivity contribution < 1.29 is 0 Å². The summed E-state index contributed by atoms with van der Waals surface area (Å²) in [5.41, 5.74) is 4.09. The van der Waals surface area contributed by atoms with Crippen LogP contribution >= 0.6 is 0 Å². The molecule has 1 aliphatic carbocycles. The van der Waals surface area contributed by atoms with Gasteiger partial charge >= 0.3 is 0 Å². The fraction of sp³-hybridized carbons (Fsp3) is 0.448. The molecule has 7 heteroatoms. The van der Waals surface area contributed by atoms with Crippen LogP contribution in [-0.2, 0) is 19.5 Å². The van der Waals surface area contributed by atoms with Gasteiger partial charge in [0.25, 0.3) is 5.56 Å². The van der Waals surface area contributed by atoms with Gasteiger partial charge in [-0.25, -0.2) is 4.68 Å². The molecule has 0 bridgehead atoms. The third-order valence-corrected chi connectivity index (χ3v) is 7.49. The van der Waals surface area contributed by atoms with E-state index in [1.54, 1.807) is 0 Å². The minimum Gasteiger partial charge on any atom is -0.322 e. The molecule has 188 valence electrons. The molecule has 0 radical (unpaired) electrons. The van der Waals surface area contributed by atoms with Gasteiger partial charge in [0.2, 0.25) is 0 Å². The Morgan fingerprint density at radius 1 is 1.08 bits per heavy atom. The molecule has 1 atom stereocenters. The third kappa shape index (κ3) is 5.26. The average molecular weight is 485 g/mol. The quantitative estimate of drug-likeness (QED) is 0.353. The van der Waals surface area contributed by atoms with E-state index in [2.05, 4.69) is 81.7 Å². The van der Waals surface area contributed by atoms with E-state index < -0.39 is 0 Å². The van der Waals surface area contributed by atoms with Crippen LogP contribution in [-0.4, -0.2) is 36.1 Å². The third-order valence-electron chi connectivity index (χ3n) is 7.49. The maximum Gasteiger partial charge on any atom is 0.252 e. The van der Waals surface area contributed by atoms with Crippen molar-refractivity contribution >= 4 is 10.9 Å². The van der Waals surface area contributed by atoms with Crippen LogP contribution in [0.2, 0.25) is 0 Å². The van der Waals surface area contributed by atoms with Crippen LogP contribution in [0.5, 0.6) is 0 Å². The SMILES string of the molecule is Cc1ccc2cc(CN(C3CCCC3)[C@@H](c3nnnn3CCc3ccccc3)C(C)C)c(=O)[nH]c2c1. The van der Waals surface area contributed by atoms with Crippen LogP contribution < -0.4 is 5.56 Å². The summed E-state index contributed by atoms with van der Waals surface area (Å²) in [5.74, 6) is 1.18. The maximum absolute atomic E-state index is 13.2. The summed E-state index contributed by atoms with van der Waals surface area (Å²) in [6.45, 7) is 7.82. The van der Waals surface area contributed by atoms with Crippen LogP contribution in [0, 0.1) is 12.8 Å². The fourth-order valence-electron chi connectivity index (χ4n) is 5.66. The lowest BCUT2D eigenvalue weighted by molar-refractivity contribution is 0.0840. The maximum atomic E-state index is 13.2. The fourth-order valence-corrected chi connectivity index (χ4v) is 5.66. The number of hydrogen-bond acceptors (Lipinski definition) is 5. The van der Waals surface area contributed by atoms with Gasteiger partial charge in [0.1, 0.15) is 0 Å². The average Bonchev–Trinajstić information content (AvgIpc) is 3.56. The number of nitrogens with one attached hydrogen (secondary N) is 1. The molecule has 1 aliphatic rings. The van der Waals surface area contributed by atoms with E-state index >= 15 is 0 Å². The molecule has 2 aromatic heterocycles. The number of hydrogen-bond donors (Lipinski definition) is 1. The van der Waals surface area contributed by atoms with Gasteiger partial charge in [-0.1, -0.05) is 69.2 Å². The van der Waals surface area contributed by atoms with Crippen LogP contribution in [0.4, 0.5) is 0 Å². The van der Waals surface area contributed by atoms with E-state index in [4.69, 9.17) is 0 Å². The second kappa shape index (κ2) is 10.7. The molecule has 0 aliphatic heterocycles.